The van der Waals surface area contributed by atoms with Gasteiger partial charge in [-0.3, -0.25) is 4.79 Å². The fraction of sp³-hybridized carbons (Fsp3) is 0.333. The molecule has 3 rings (SSSR count). The standard InChI is InChI=1S/C15H16ClN3O/c16-13-3-1-2-12(10-13)15(20)18-7-9-19-8-6-17-14(19)11-4-5-11/h1-3,6,8,10-11H,4-5,7,9H2,(H,18,20). The summed E-state index contributed by atoms with van der Waals surface area (Å²) in [7, 11) is 0. The maximum atomic E-state index is 12.0. The number of nitrogens with one attached hydrogen (secondary N) is 1. The molecule has 1 aromatic heterocycles. The summed E-state index contributed by atoms with van der Waals surface area (Å²) in [5, 5.41) is 3.48. The maximum absolute atomic E-state index is 12.0. The highest BCUT2D eigenvalue weighted by Crippen LogP contribution is 2.38. The number of halogens is 1. The van der Waals surface area contributed by atoms with Crippen molar-refractivity contribution in [1.82, 2.24) is 14.9 Å². The lowest BCUT2D eigenvalue weighted by Crippen LogP contribution is -2.27. The Bertz CT molecular complexity index is 619. The normalized spacial score (nSPS) is 14.2. The summed E-state index contributed by atoms with van der Waals surface area (Å²) in [5.74, 6) is 1.66. The average Bonchev–Trinajstić information content (AvgIpc) is 3.18. The Labute approximate surface area is 122 Å². The molecule has 1 heterocycles. The first-order valence-corrected chi connectivity index (χ1v) is 7.16. The second kappa shape index (κ2) is 5.67. The van der Waals surface area contributed by atoms with E-state index in [1.807, 2.05) is 12.4 Å². The number of nitrogens with zero attached hydrogens (tertiary/aromatic N) is 2. The van der Waals surface area contributed by atoms with Gasteiger partial charge in [0.1, 0.15) is 5.82 Å². The Balaban J connectivity index is 1.54. The van der Waals surface area contributed by atoms with Crippen molar-refractivity contribution in [1.29, 1.82) is 0 Å². The topological polar surface area (TPSA) is 46.9 Å². The molecule has 0 bridgehead atoms. The molecule has 2 aromatic rings. The number of benzene rings is 1. The van der Waals surface area contributed by atoms with Crippen molar-refractivity contribution in [2.45, 2.75) is 25.3 Å². The minimum atomic E-state index is -0.0967. The van der Waals surface area contributed by atoms with Crippen LogP contribution in [0.1, 0.15) is 34.9 Å². The first-order chi connectivity index (χ1) is 9.74. The van der Waals surface area contributed by atoms with Crippen LogP contribution >= 0.6 is 11.6 Å². The van der Waals surface area contributed by atoms with Crippen LogP contribution in [0, 0.1) is 0 Å². The highest BCUT2D eigenvalue weighted by Gasteiger charge is 2.27. The third kappa shape index (κ3) is 3.02. The lowest BCUT2D eigenvalue weighted by molar-refractivity contribution is 0.0952. The SMILES string of the molecule is O=C(NCCn1ccnc1C1CC1)c1cccc(Cl)c1. The van der Waals surface area contributed by atoms with Crippen LogP contribution in [0.4, 0.5) is 0 Å². The number of carbonyl (C=O) groups excluding carboxylic acids is 1. The highest BCUT2D eigenvalue weighted by atomic mass is 35.5. The zero-order valence-electron chi connectivity index (χ0n) is 11.1. The predicted octanol–water partition coefficient (Wildman–Crippen LogP) is 2.84. The van der Waals surface area contributed by atoms with Crippen molar-refractivity contribution < 1.29 is 4.79 Å². The van der Waals surface area contributed by atoms with Gasteiger partial charge in [-0.15, -0.1) is 0 Å². The first-order valence-electron chi connectivity index (χ1n) is 6.79. The fourth-order valence-electron chi connectivity index (χ4n) is 2.23. The molecule has 5 heteroatoms. The zero-order valence-corrected chi connectivity index (χ0v) is 11.8. The molecule has 1 N–H and O–H groups in total. The van der Waals surface area contributed by atoms with E-state index in [4.69, 9.17) is 11.6 Å². The van der Waals surface area contributed by atoms with Crippen molar-refractivity contribution in [3.63, 3.8) is 0 Å². The molecular weight excluding hydrogens is 274 g/mol. The van der Waals surface area contributed by atoms with Crippen LogP contribution in [0.25, 0.3) is 0 Å². The van der Waals surface area contributed by atoms with Crippen LogP contribution < -0.4 is 5.32 Å². The number of carbonyl (C=O) groups is 1. The molecule has 0 radical (unpaired) electrons. The van der Waals surface area contributed by atoms with Crippen LogP contribution in [-0.2, 0) is 6.54 Å². The van der Waals surface area contributed by atoms with Crippen LogP contribution in [-0.4, -0.2) is 22.0 Å². The van der Waals surface area contributed by atoms with E-state index >= 15 is 0 Å². The van der Waals surface area contributed by atoms with E-state index in [0.717, 1.165) is 12.4 Å². The molecule has 1 aliphatic rings. The number of hydrogen-bond donors (Lipinski definition) is 1. The van der Waals surface area contributed by atoms with Gasteiger partial charge in [0.15, 0.2) is 0 Å². The summed E-state index contributed by atoms with van der Waals surface area (Å²) < 4.78 is 2.12. The molecule has 1 aromatic carbocycles. The Hall–Kier alpha value is -1.81. The quantitative estimate of drug-likeness (QED) is 0.920. The van der Waals surface area contributed by atoms with Gasteiger partial charge >= 0.3 is 0 Å². The molecule has 0 unspecified atom stereocenters. The lowest BCUT2D eigenvalue weighted by Gasteiger charge is -2.09. The van der Waals surface area contributed by atoms with E-state index in [9.17, 15) is 4.79 Å². The van der Waals surface area contributed by atoms with Gasteiger partial charge in [0.05, 0.1) is 0 Å². The Morgan fingerprint density at radius 1 is 1.45 bits per heavy atom. The van der Waals surface area contributed by atoms with Gasteiger partial charge in [0.25, 0.3) is 5.91 Å². The largest absolute Gasteiger partial charge is 0.350 e. The number of imidazole rings is 1. The summed E-state index contributed by atoms with van der Waals surface area (Å²) in [5.41, 5.74) is 0.588. The van der Waals surface area contributed by atoms with Crippen molar-refractivity contribution in [2.24, 2.45) is 0 Å². The zero-order chi connectivity index (χ0) is 13.9. The lowest BCUT2D eigenvalue weighted by atomic mass is 10.2. The van der Waals surface area contributed by atoms with Crippen LogP contribution in [0.3, 0.4) is 0 Å². The number of hydrogen-bond acceptors (Lipinski definition) is 2. The van der Waals surface area contributed by atoms with E-state index < -0.39 is 0 Å². The highest BCUT2D eigenvalue weighted by molar-refractivity contribution is 6.30. The molecule has 1 aliphatic carbocycles. The smallest absolute Gasteiger partial charge is 0.251 e. The number of aromatic nitrogens is 2. The van der Waals surface area contributed by atoms with E-state index in [1.165, 1.54) is 12.8 Å². The molecule has 0 atom stereocenters. The Morgan fingerprint density at radius 2 is 2.30 bits per heavy atom. The van der Waals surface area contributed by atoms with Crippen LogP contribution in [0.5, 0.6) is 0 Å². The van der Waals surface area contributed by atoms with Crippen molar-refractivity contribution in [3.8, 4) is 0 Å². The number of amides is 1. The van der Waals surface area contributed by atoms with Gasteiger partial charge in [-0.1, -0.05) is 17.7 Å². The van der Waals surface area contributed by atoms with Gasteiger partial charge in [-0.2, -0.15) is 0 Å². The molecule has 1 saturated carbocycles. The van der Waals surface area contributed by atoms with Crippen molar-refractivity contribution in [3.05, 3.63) is 53.1 Å². The molecule has 1 fully saturated rings. The summed E-state index contributed by atoms with van der Waals surface area (Å²) >= 11 is 5.87. The minimum Gasteiger partial charge on any atom is -0.350 e. The van der Waals surface area contributed by atoms with Gasteiger partial charge in [0.2, 0.25) is 0 Å². The molecule has 0 spiro atoms. The van der Waals surface area contributed by atoms with Gasteiger partial charge < -0.3 is 9.88 Å². The predicted molar refractivity (Wildman–Crippen MR) is 78.0 cm³/mol. The Morgan fingerprint density at radius 3 is 3.05 bits per heavy atom. The molecule has 1 amide bonds. The molecule has 104 valence electrons. The van der Waals surface area contributed by atoms with E-state index in [1.54, 1.807) is 24.3 Å². The van der Waals surface area contributed by atoms with E-state index in [2.05, 4.69) is 14.9 Å². The summed E-state index contributed by atoms with van der Waals surface area (Å²) in [6.45, 7) is 1.33. The molecule has 4 nitrogen and oxygen atoms in total. The Kier molecular flexibility index (Phi) is 3.74. The molecular formula is C15H16ClN3O. The van der Waals surface area contributed by atoms with Crippen LogP contribution in [0.15, 0.2) is 36.7 Å². The molecule has 20 heavy (non-hydrogen) atoms. The minimum absolute atomic E-state index is 0.0967. The summed E-state index contributed by atoms with van der Waals surface area (Å²) in [4.78, 5) is 16.3. The van der Waals surface area contributed by atoms with Gasteiger partial charge in [-0.25, -0.2) is 4.98 Å². The van der Waals surface area contributed by atoms with E-state index in [0.29, 0.717) is 23.0 Å². The van der Waals surface area contributed by atoms with Crippen molar-refractivity contribution in [2.75, 3.05) is 6.54 Å². The van der Waals surface area contributed by atoms with Gasteiger partial charge in [-0.05, 0) is 31.0 Å². The van der Waals surface area contributed by atoms with E-state index in [-0.39, 0.29) is 5.91 Å². The third-order valence-corrected chi connectivity index (χ3v) is 3.65. The second-order valence-electron chi connectivity index (χ2n) is 5.02. The molecule has 0 aliphatic heterocycles. The summed E-state index contributed by atoms with van der Waals surface area (Å²) in [6, 6.07) is 6.96. The fourth-order valence-corrected chi connectivity index (χ4v) is 2.42. The van der Waals surface area contributed by atoms with Crippen LogP contribution in [0.2, 0.25) is 5.02 Å². The maximum Gasteiger partial charge on any atom is 0.251 e. The van der Waals surface area contributed by atoms with Gasteiger partial charge in [0, 0.05) is 42.0 Å². The van der Waals surface area contributed by atoms with Crippen molar-refractivity contribution >= 4 is 17.5 Å². The average molecular weight is 290 g/mol. The first kappa shape index (κ1) is 13.2. The monoisotopic (exact) mass is 289 g/mol. The molecule has 0 saturated heterocycles. The number of rotatable bonds is 5. The second-order valence-corrected chi connectivity index (χ2v) is 5.46. The summed E-state index contributed by atoms with van der Waals surface area (Å²) in [6.07, 6.45) is 6.25. The third-order valence-electron chi connectivity index (χ3n) is 3.42.